The van der Waals surface area contributed by atoms with Crippen molar-refractivity contribution in [1.82, 2.24) is 15.5 Å². The molecule has 0 amide bonds. The van der Waals surface area contributed by atoms with Crippen LogP contribution in [0.3, 0.4) is 0 Å². The van der Waals surface area contributed by atoms with Gasteiger partial charge < -0.3 is 10.3 Å². The summed E-state index contributed by atoms with van der Waals surface area (Å²) < 4.78 is 44.9. The lowest BCUT2D eigenvalue weighted by molar-refractivity contribution is -0.158. The van der Waals surface area contributed by atoms with Crippen molar-refractivity contribution < 1.29 is 17.7 Å². The molecule has 1 unspecified atom stereocenters. The quantitative estimate of drug-likeness (QED) is 0.874. The molecule has 130 valence electrons. The molecule has 1 heterocycles. The Balaban J connectivity index is 1.70. The molecular formula is C16H19F3N4O. The Bertz CT molecular complexity index is 665. The van der Waals surface area contributed by atoms with Crippen LogP contribution in [0, 0.1) is 0 Å². The molecule has 1 aliphatic rings. The summed E-state index contributed by atoms with van der Waals surface area (Å²) in [4.78, 5) is 4.18. The third-order valence-electron chi connectivity index (χ3n) is 4.33. The van der Waals surface area contributed by atoms with Gasteiger partial charge >= 0.3 is 6.18 Å². The molecule has 1 atom stereocenters. The Labute approximate surface area is 137 Å². The van der Waals surface area contributed by atoms with Crippen LogP contribution in [0.1, 0.15) is 49.0 Å². The van der Waals surface area contributed by atoms with E-state index in [9.17, 15) is 13.2 Å². The summed E-state index contributed by atoms with van der Waals surface area (Å²) in [5.74, 6) is 0.479. The van der Waals surface area contributed by atoms with Crippen LogP contribution in [0.15, 0.2) is 34.9 Å². The van der Waals surface area contributed by atoms with Crippen LogP contribution in [0.4, 0.5) is 13.2 Å². The number of alkyl halides is 3. The second-order valence-electron chi connectivity index (χ2n) is 6.14. The number of nitrogens with zero attached hydrogens (tertiary/aromatic N) is 2. The summed E-state index contributed by atoms with van der Waals surface area (Å²) in [7, 11) is 0. The average molecular weight is 340 g/mol. The summed E-state index contributed by atoms with van der Waals surface area (Å²) in [5, 5.41) is 6.30. The summed E-state index contributed by atoms with van der Waals surface area (Å²) >= 11 is 0. The molecule has 0 spiro atoms. The number of hydrogen-bond donors (Lipinski definition) is 2. The van der Waals surface area contributed by atoms with Gasteiger partial charge in [0.15, 0.2) is 5.82 Å². The molecule has 8 heteroatoms. The van der Waals surface area contributed by atoms with E-state index >= 15 is 0 Å². The number of halogens is 3. The van der Waals surface area contributed by atoms with Gasteiger partial charge in [-0.1, -0.05) is 48.3 Å². The van der Waals surface area contributed by atoms with Crippen LogP contribution in [0.5, 0.6) is 0 Å². The van der Waals surface area contributed by atoms with E-state index in [1.54, 1.807) is 18.2 Å². The van der Waals surface area contributed by atoms with Gasteiger partial charge in [0, 0.05) is 0 Å². The Morgan fingerprint density at radius 3 is 2.50 bits per heavy atom. The van der Waals surface area contributed by atoms with Gasteiger partial charge in [0.25, 0.3) is 0 Å². The van der Waals surface area contributed by atoms with Crippen molar-refractivity contribution in [2.75, 3.05) is 0 Å². The van der Waals surface area contributed by atoms with Gasteiger partial charge in [0.2, 0.25) is 5.89 Å². The molecule has 1 aliphatic carbocycles. The van der Waals surface area contributed by atoms with Gasteiger partial charge in [-0.05, 0) is 18.4 Å². The molecule has 3 N–H and O–H groups in total. The maximum Gasteiger partial charge on any atom is 0.407 e. The first-order valence-electron chi connectivity index (χ1n) is 7.85. The fourth-order valence-electron chi connectivity index (χ4n) is 3.02. The molecular weight excluding hydrogens is 321 g/mol. The number of rotatable bonds is 5. The van der Waals surface area contributed by atoms with Crippen molar-refractivity contribution >= 4 is 0 Å². The van der Waals surface area contributed by atoms with Crippen molar-refractivity contribution in [1.29, 1.82) is 0 Å². The van der Waals surface area contributed by atoms with Gasteiger partial charge in [0.05, 0.1) is 12.1 Å². The maximum absolute atomic E-state index is 13.3. The molecule has 0 bridgehead atoms. The van der Waals surface area contributed by atoms with E-state index in [2.05, 4.69) is 15.5 Å². The minimum absolute atomic E-state index is 0.104. The fraction of sp³-hybridized carbons (Fsp3) is 0.500. The van der Waals surface area contributed by atoms with Crippen LogP contribution >= 0.6 is 0 Å². The first kappa shape index (κ1) is 16.9. The number of nitrogens with two attached hydrogens (primary N) is 1. The second-order valence-corrected chi connectivity index (χ2v) is 6.14. The molecule has 2 aromatic rings. The second kappa shape index (κ2) is 6.52. The summed E-state index contributed by atoms with van der Waals surface area (Å²) in [5.41, 5.74) is 5.74. The van der Waals surface area contributed by atoms with E-state index in [1.807, 2.05) is 0 Å². The third-order valence-corrected chi connectivity index (χ3v) is 4.33. The first-order valence-corrected chi connectivity index (χ1v) is 7.85. The Hall–Kier alpha value is -1.93. The molecule has 0 aliphatic heterocycles. The number of benzene rings is 1. The van der Waals surface area contributed by atoms with Crippen molar-refractivity contribution in [2.45, 2.75) is 50.0 Å². The molecule has 3 rings (SSSR count). The van der Waals surface area contributed by atoms with Crippen LogP contribution in [0.25, 0.3) is 0 Å². The van der Waals surface area contributed by atoms with Gasteiger partial charge in [-0.3, -0.25) is 5.32 Å². The summed E-state index contributed by atoms with van der Waals surface area (Å²) in [6.07, 6.45) is -0.931. The van der Waals surface area contributed by atoms with Crippen LogP contribution in [0.2, 0.25) is 0 Å². The van der Waals surface area contributed by atoms with Crippen LogP contribution < -0.4 is 11.1 Å². The highest BCUT2D eigenvalue weighted by molar-refractivity contribution is 5.20. The zero-order valence-electron chi connectivity index (χ0n) is 13.0. The monoisotopic (exact) mass is 340 g/mol. The van der Waals surface area contributed by atoms with Gasteiger partial charge in [-0.25, -0.2) is 0 Å². The third kappa shape index (κ3) is 3.59. The molecule has 1 aromatic heterocycles. The highest BCUT2D eigenvalue weighted by atomic mass is 19.4. The van der Waals surface area contributed by atoms with Crippen LogP contribution in [-0.2, 0) is 12.1 Å². The lowest BCUT2D eigenvalue weighted by Crippen LogP contribution is -2.35. The van der Waals surface area contributed by atoms with E-state index in [-0.39, 0.29) is 18.0 Å². The highest BCUT2D eigenvalue weighted by Crippen LogP contribution is 2.35. The Morgan fingerprint density at radius 2 is 1.88 bits per heavy atom. The van der Waals surface area contributed by atoms with E-state index in [1.165, 1.54) is 12.1 Å². The lowest BCUT2D eigenvalue weighted by Gasteiger charge is -2.21. The molecule has 1 fully saturated rings. The van der Waals surface area contributed by atoms with E-state index in [0.717, 1.165) is 25.7 Å². The largest absolute Gasteiger partial charge is 0.407 e. The predicted octanol–water partition coefficient (Wildman–Crippen LogP) is 3.19. The molecule has 5 nitrogen and oxygen atoms in total. The number of aromatic nitrogens is 2. The number of hydrogen-bond acceptors (Lipinski definition) is 5. The molecule has 0 saturated heterocycles. The highest BCUT2D eigenvalue weighted by Gasteiger charge is 2.41. The van der Waals surface area contributed by atoms with Crippen molar-refractivity contribution in [2.24, 2.45) is 5.73 Å². The Morgan fingerprint density at radius 1 is 1.21 bits per heavy atom. The smallest absolute Gasteiger partial charge is 0.338 e. The zero-order chi connectivity index (χ0) is 17.2. The van der Waals surface area contributed by atoms with Crippen molar-refractivity contribution in [3.8, 4) is 0 Å². The Kier molecular flexibility index (Phi) is 4.60. The predicted molar refractivity (Wildman–Crippen MR) is 80.7 cm³/mol. The lowest BCUT2D eigenvalue weighted by atomic mass is 9.99. The van der Waals surface area contributed by atoms with E-state index < -0.39 is 17.8 Å². The van der Waals surface area contributed by atoms with Gasteiger partial charge in [-0.15, -0.1) is 0 Å². The fourth-order valence-corrected chi connectivity index (χ4v) is 3.02. The molecule has 24 heavy (non-hydrogen) atoms. The number of nitrogens with one attached hydrogen (secondary N) is 1. The molecule has 0 radical (unpaired) electrons. The van der Waals surface area contributed by atoms with Crippen LogP contribution in [-0.4, -0.2) is 16.3 Å². The maximum atomic E-state index is 13.3. The topological polar surface area (TPSA) is 77.0 Å². The molecule has 1 aromatic carbocycles. The standard InChI is InChI=1S/C16H19F3N4O/c17-16(18,19)13(11-6-2-1-3-7-11)21-10-12-22-14(23-24-12)15(20)8-4-5-9-15/h1-3,6-7,13,21H,4-5,8-10,20H2. The van der Waals surface area contributed by atoms with Gasteiger partial charge in [0.1, 0.15) is 6.04 Å². The van der Waals surface area contributed by atoms with E-state index in [0.29, 0.717) is 5.82 Å². The first-order chi connectivity index (χ1) is 11.4. The normalized spacial score (nSPS) is 18.7. The summed E-state index contributed by atoms with van der Waals surface area (Å²) in [6, 6.07) is 5.86. The minimum Gasteiger partial charge on any atom is -0.338 e. The van der Waals surface area contributed by atoms with Crippen molar-refractivity contribution in [3.63, 3.8) is 0 Å². The molecule has 1 saturated carbocycles. The van der Waals surface area contributed by atoms with E-state index in [4.69, 9.17) is 10.3 Å². The zero-order valence-corrected chi connectivity index (χ0v) is 13.0. The van der Waals surface area contributed by atoms with Gasteiger partial charge in [-0.2, -0.15) is 18.2 Å². The average Bonchev–Trinajstić information content (AvgIpc) is 3.17. The minimum atomic E-state index is -4.43. The summed E-state index contributed by atoms with van der Waals surface area (Å²) in [6.45, 7) is -0.178. The SMILES string of the molecule is NC1(c2noc(CNC(c3ccccc3)C(F)(F)F)n2)CCCC1. The van der Waals surface area contributed by atoms with Crippen molar-refractivity contribution in [3.05, 3.63) is 47.6 Å².